The maximum Gasteiger partial charge on any atom is 0.0940 e. The van der Waals surface area contributed by atoms with E-state index in [9.17, 15) is 0 Å². The third kappa shape index (κ3) is 4.39. The normalized spacial score (nSPS) is 15.6. The van der Waals surface area contributed by atoms with Crippen molar-refractivity contribution in [1.29, 1.82) is 0 Å². The lowest BCUT2D eigenvalue weighted by atomic mass is 9.79. The van der Waals surface area contributed by atoms with Crippen LogP contribution in [-0.4, -0.2) is 17.6 Å². The zero-order valence-corrected chi connectivity index (χ0v) is 14.1. The van der Waals surface area contributed by atoms with E-state index in [1.165, 1.54) is 17.0 Å². The Morgan fingerprint density at radius 1 is 1.19 bits per heavy atom. The third-order valence-electron chi connectivity index (χ3n) is 4.22. The highest BCUT2D eigenvalue weighted by molar-refractivity contribution is 7.09. The molecule has 0 aliphatic rings. The van der Waals surface area contributed by atoms with Gasteiger partial charge in [0.05, 0.1) is 5.01 Å². The smallest absolute Gasteiger partial charge is 0.0940 e. The summed E-state index contributed by atoms with van der Waals surface area (Å²) in [6.07, 6.45) is 4.11. The first-order valence-corrected chi connectivity index (χ1v) is 8.80. The highest BCUT2D eigenvalue weighted by Crippen LogP contribution is 2.32. The minimum atomic E-state index is 0.443. The van der Waals surface area contributed by atoms with Gasteiger partial charge in [-0.3, -0.25) is 0 Å². The molecule has 0 amide bonds. The first kappa shape index (κ1) is 16.2. The van der Waals surface area contributed by atoms with E-state index in [1.54, 1.807) is 11.3 Å². The Bertz CT molecular complexity index is 495. The van der Waals surface area contributed by atoms with Crippen LogP contribution in [0.15, 0.2) is 41.9 Å². The number of likely N-dealkylation sites (N-methyl/N-ethyl adjacent to an activating group) is 1. The molecular formula is C18H26N2S. The predicted molar refractivity (Wildman–Crippen MR) is 91.9 cm³/mol. The number of thiazole rings is 1. The lowest BCUT2D eigenvalue weighted by Gasteiger charge is -2.32. The molecular weight excluding hydrogens is 276 g/mol. The molecule has 0 aliphatic carbocycles. The summed E-state index contributed by atoms with van der Waals surface area (Å²) in [5.41, 5.74) is 1.44. The van der Waals surface area contributed by atoms with Gasteiger partial charge in [0.1, 0.15) is 0 Å². The standard InChI is InChI=1S/C18H26N2S/c1-4-14(3)18(15-9-7-6-8-10-15)16(19-5-2)13-17-20-11-12-21-17/h6-12,14,16,18-19H,4-5,13H2,1-3H3. The van der Waals surface area contributed by atoms with Crippen molar-refractivity contribution in [1.82, 2.24) is 10.3 Å². The Morgan fingerprint density at radius 2 is 1.95 bits per heavy atom. The van der Waals surface area contributed by atoms with Crippen molar-refractivity contribution in [2.24, 2.45) is 5.92 Å². The number of nitrogens with one attached hydrogen (secondary N) is 1. The van der Waals surface area contributed by atoms with Gasteiger partial charge in [-0.1, -0.05) is 57.5 Å². The quantitative estimate of drug-likeness (QED) is 0.777. The van der Waals surface area contributed by atoms with Gasteiger partial charge in [0, 0.05) is 30.0 Å². The molecule has 0 bridgehead atoms. The van der Waals surface area contributed by atoms with E-state index in [-0.39, 0.29) is 0 Å². The van der Waals surface area contributed by atoms with Crippen molar-refractivity contribution in [2.45, 2.75) is 45.6 Å². The van der Waals surface area contributed by atoms with Crippen LogP contribution in [-0.2, 0) is 6.42 Å². The lowest BCUT2D eigenvalue weighted by molar-refractivity contribution is 0.336. The third-order valence-corrected chi connectivity index (χ3v) is 5.02. The molecule has 1 aromatic carbocycles. The Hall–Kier alpha value is -1.19. The second-order valence-electron chi connectivity index (χ2n) is 5.62. The molecule has 0 radical (unpaired) electrons. The molecule has 21 heavy (non-hydrogen) atoms. The van der Waals surface area contributed by atoms with E-state index in [4.69, 9.17) is 0 Å². The van der Waals surface area contributed by atoms with Crippen molar-refractivity contribution in [2.75, 3.05) is 6.54 Å². The number of aromatic nitrogens is 1. The Kier molecular flexibility index (Phi) is 6.40. The topological polar surface area (TPSA) is 24.9 Å². The highest BCUT2D eigenvalue weighted by atomic mass is 32.1. The molecule has 1 aromatic heterocycles. The van der Waals surface area contributed by atoms with Gasteiger partial charge in [-0.25, -0.2) is 4.98 Å². The Morgan fingerprint density at radius 3 is 2.52 bits per heavy atom. The molecule has 0 fully saturated rings. The van der Waals surface area contributed by atoms with Crippen LogP contribution in [0.25, 0.3) is 0 Å². The molecule has 3 unspecified atom stereocenters. The number of hydrogen-bond acceptors (Lipinski definition) is 3. The monoisotopic (exact) mass is 302 g/mol. The van der Waals surface area contributed by atoms with Crippen LogP contribution < -0.4 is 5.32 Å². The molecule has 3 heteroatoms. The fourth-order valence-corrected chi connectivity index (χ4v) is 3.69. The molecule has 0 spiro atoms. The first-order valence-electron chi connectivity index (χ1n) is 7.92. The van der Waals surface area contributed by atoms with Crippen molar-refractivity contribution < 1.29 is 0 Å². The van der Waals surface area contributed by atoms with Gasteiger partial charge >= 0.3 is 0 Å². The van der Waals surface area contributed by atoms with Gasteiger partial charge in [0.15, 0.2) is 0 Å². The van der Waals surface area contributed by atoms with Crippen LogP contribution in [0.5, 0.6) is 0 Å². The molecule has 3 atom stereocenters. The van der Waals surface area contributed by atoms with Crippen LogP contribution >= 0.6 is 11.3 Å². The molecule has 2 aromatic rings. The van der Waals surface area contributed by atoms with Crippen LogP contribution in [0, 0.1) is 5.92 Å². The van der Waals surface area contributed by atoms with Gasteiger partial charge in [-0.15, -0.1) is 11.3 Å². The molecule has 0 saturated carbocycles. The summed E-state index contributed by atoms with van der Waals surface area (Å²) in [4.78, 5) is 4.48. The second kappa shape index (κ2) is 8.30. The van der Waals surface area contributed by atoms with Crippen molar-refractivity contribution >= 4 is 11.3 Å². The predicted octanol–water partition coefficient (Wildman–Crippen LogP) is 4.49. The summed E-state index contributed by atoms with van der Waals surface area (Å²) in [6.45, 7) is 7.83. The van der Waals surface area contributed by atoms with E-state index < -0.39 is 0 Å². The highest BCUT2D eigenvalue weighted by Gasteiger charge is 2.27. The average molecular weight is 302 g/mol. The van der Waals surface area contributed by atoms with E-state index in [0.717, 1.165) is 13.0 Å². The Labute approximate surface area is 132 Å². The zero-order chi connectivity index (χ0) is 15.1. The van der Waals surface area contributed by atoms with Gasteiger partial charge in [0.2, 0.25) is 0 Å². The van der Waals surface area contributed by atoms with Crippen molar-refractivity contribution in [3.63, 3.8) is 0 Å². The molecule has 2 rings (SSSR count). The molecule has 114 valence electrons. The lowest BCUT2D eigenvalue weighted by Crippen LogP contribution is -2.39. The maximum absolute atomic E-state index is 4.48. The minimum Gasteiger partial charge on any atom is -0.313 e. The van der Waals surface area contributed by atoms with Gasteiger partial charge < -0.3 is 5.32 Å². The van der Waals surface area contributed by atoms with Crippen LogP contribution in [0.1, 0.15) is 43.7 Å². The van der Waals surface area contributed by atoms with Gasteiger partial charge in [-0.05, 0) is 18.0 Å². The second-order valence-corrected chi connectivity index (χ2v) is 6.60. The summed E-state index contributed by atoms with van der Waals surface area (Å²) in [7, 11) is 0. The SMILES string of the molecule is CCNC(Cc1nccs1)C(c1ccccc1)C(C)CC. The van der Waals surface area contributed by atoms with E-state index >= 15 is 0 Å². The summed E-state index contributed by atoms with van der Waals surface area (Å²) in [6, 6.07) is 11.4. The van der Waals surface area contributed by atoms with Crippen molar-refractivity contribution in [3.8, 4) is 0 Å². The molecule has 2 nitrogen and oxygen atoms in total. The summed E-state index contributed by atoms with van der Waals surface area (Å²) in [5, 5.41) is 7.00. The van der Waals surface area contributed by atoms with Gasteiger partial charge in [0.25, 0.3) is 0 Å². The van der Waals surface area contributed by atoms with E-state index in [2.05, 4.69) is 66.8 Å². The summed E-state index contributed by atoms with van der Waals surface area (Å²) < 4.78 is 0. The number of hydrogen-bond donors (Lipinski definition) is 1. The summed E-state index contributed by atoms with van der Waals surface area (Å²) >= 11 is 1.76. The van der Waals surface area contributed by atoms with E-state index in [1.807, 2.05) is 6.20 Å². The fourth-order valence-electron chi connectivity index (χ4n) is 3.02. The molecule has 1 heterocycles. The maximum atomic E-state index is 4.48. The average Bonchev–Trinajstić information content (AvgIpc) is 3.01. The largest absolute Gasteiger partial charge is 0.313 e. The van der Waals surface area contributed by atoms with E-state index in [0.29, 0.717) is 17.9 Å². The molecule has 1 N–H and O–H groups in total. The molecule has 0 saturated heterocycles. The fraction of sp³-hybridized carbons (Fsp3) is 0.500. The zero-order valence-electron chi connectivity index (χ0n) is 13.3. The van der Waals surface area contributed by atoms with Crippen molar-refractivity contribution in [3.05, 3.63) is 52.5 Å². The van der Waals surface area contributed by atoms with Crippen LogP contribution in [0.4, 0.5) is 0 Å². The van der Waals surface area contributed by atoms with Gasteiger partial charge in [-0.2, -0.15) is 0 Å². The molecule has 0 aliphatic heterocycles. The first-order chi connectivity index (χ1) is 10.3. The minimum absolute atomic E-state index is 0.443. The van der Waals surface area contributed by atoms with Crippen LogP contribution in [0.3, 0.4) is 0 Å². The van der Waals surface area contributed by atoms with Crippen LogP contribution in [0.2, 0.25) is 0 Å². The number of rotatable bonds is 8. The number of benzene rings is 1. The summed E-state index contributed by atoms with van der Waals surface area (Å²) in [5.74, 6) is 1.18. The Balaban J connectivity index is 2.26. The number of nitrogens with zero attached hydrogens (tertiary/aromatic N) is 1.